The maximum atomic E-state index is 12.7. The quantitative estimate of drug-likeness (QED) is 0.714. The van der Waals surface area contributed by atoms with Crippen molar-refractivity contribution >= 4 is 6.08 Å². The number of unbranched alkanes of at least 4 members (excludes halogenated alkanes) is 2. The van der Waals surface area contributed by atoms with Crippen LogP contribution < -0.4 is 0 Å². The maximum Gasteiger partial charge on any atom is 0.123 e. The summed E-state index contributed by atoms with van der Waals surface area (Å²) in [5.41, 5.74) is 0.883. The SMILES string of the molecule is OCCCC/C=C/c1cccc(F)c1. The molecule has 0 aliphatic heterocycles. The standard InChI is InChI=1S/C12H15FO/c13-12-8-5-7-11(10-12)6-3-1-2-4-9-14/h3,5-8,10,14H,1-2,4,9H2/b6-3+. The van der Waals surface area contributed by atoms with Crippen molar-refractivity contribution in [3.8, 4) is 0 Å². The minimum Gasteiger partial charge on any atom is -0.396 e. The van der Waals surface area contributed by atoms with Gasteiger partial charge >= 0.3 is 0 Å². The summed E-state index contributed by atoms with van der Waals surface area (Å²) >= 11 is 0. The van der Waals surface area contributed by atoms with Crippen molar-refractivity contribution in [3.05, 3.63) is 41.7 Å². The second-order valence-corrected chi connectivity index (χ2v) is 3.18. The zero-order valence-corrected chi connectivity index (χ0v) is 8.12. The third kappa shape index (κ3) is 4.19. The van der Waals surface area contributed by atoms with E-state index in [9.17, 15) is 4.39 Å². The Labute approximate surface area is 83.9 Å². The molecule has 0 radical (unpaired) electrons. The molecular formula is C12H15FO. The zero-order chi connectivity index (χ0) is 10.2. The summed E-state index contributed by atoms with van der Waals surface area (Å²) in [5.74, 6) is -0.206. The lowest BCUT2D eigenvalue weighted by Gasteiger charge is -1.94. The molecule has 14 heavy (non-hydrogen) atoms. The second kappa shape index (κ2) is 6.33. The van der Waals surface area contributed by atoms with E-state index >= 15 is 0 Å². The minimum absolute atomic E-state index is 0.206. The Balaban J connectivity index is 2.36. The smallest absolute Gasteiger partial charge is 0.123 e. The normalized spacial score (nSPS) is 11.0. The highest BCUT2D eigenvalue weighted by Crippen LogP contribution is 2.06. The Morgan fingerprint density at radius 1 is 1.29 bits per heavy atom. The number of allylic oxidation sites excluding steroid dienone is 1. The van der Waals surface area contributed by atoms with Crippen molar-refractivity contribution in [1.82, 2.24) is 0 Å². The van der Waals surface area contributed by atoms with E-state index in [-0.39, 0.29) is 12.4 Å². The summed E-state index contributed by atoms with van der Waals surface area (Å²) in [6, 6.07) is 6.50. The van der Waals surface area contributed by atoms with Crippen LogP contribution in [0, 0.1) is 5.82 Å². The lowest BCUT2D eigenvalue weighted by atomic mass is 10.1. The van der Waals surface area contributed by atoms with Crippen LogP contribution in [0.5, 0.6) is 0 Å². The second-order valence-electron chi connectivity index (χ2n) is 3.18. The lowest BCUT2D eigenvalue weighted by Crippen LogP contribution is -1.80. The van der Waals surface area contributed by atoms with Crippen molar-refractivity contribution in [3.63, 3.8) is 0 Å². The molecule has 0 bridgehead atoms. The van der Waals surface area contributed by atoms with Crippen LogP contribution in [-0.2, 0) is 0 Å². The van der Waals surface area contributed by atoms with E-state index in [4.69, 9.17) is 5.11 Å². The summed E-state index contributed by atoms with van der Waals surface area (Å²) in [7, 11) is 0. The van der Waals surface area contributed by atoms with Crippen LogP contribution in [0.2, 0.25) is 0 Å². The highest BCUT2D eigenvalue weighted by Gasteiger charge is 1.89. The fourth-order valence-corrected chi connectivity index (χ4v) is 1.20. The van der Waals surface area contributed by atoms with Gasteiger partial charge in [0, 0.05) is 6.61 Å². The molecule has 1 N–H and O–H groups in total. The van der Waals surface area contributed by atoms with Gasteiger partial charge in [0.05, 0.1) is 0 Å². The van der Waals surface area contributed by atoms with Gasteiger partial charge < -0.3 is 5.11 Å². The first kappa shape index (κ1) is 10.9. The highest BCUT2D eigenvalue weighted by molar-refractivity contribution is 5.48. The number of hydrogen-bond donors (Lipinski definition) is 1. The Bertz CT molecular complexity index is 294. The molecule has 0 aliphatic rings. The average Bonchev–Trinajstić information content (AvgIpc) is 2.18. The maximum absolute atomic E-state index is 12.7. The van der Waals surface area contributed by atoms with Gasteiger partial charge in [0.25, 0.3) is 0 Å². The third-order valence-electron chi connectivity index (χ3n) is 1.94. The van der Waals surface area contributed by atoms with Gasteiger partial charge in [-0.2, -0.15) is 0 Å². The molecular weight excluding hydrogens is 179 g/mol. The average molecular weight is 194 g/mol. The van der Waals surface area contributed by atoms with E-state index in [0.29, 0.717) is 0 Å². The molecule has 1 rings (SSSR count). The Morgan fingerprint density at radius 3 is 2.86 bits per heavy atom. The first-order valence-electron chi connectivity index (χ1n) is 4.86. The van der Waals surface area contributed by atoms with E-state index in [1.807, 2.05) is 18.2 Å². The molecule has 0 aliphatic carbocycles. The Morgan fingerprint density at radius 2 is 2.14 bits per heavy atom. The Kier molecular flexibility index (Phi) is 4.94. The van der Waals surface area contributed by atoms with Crippen LogP contribution >= 0.6 is 0 Å². The number of aliphatic hydroxyl groups excluding tert-OH is 1. The van der Waals surface area contributed by atoms with E-state index in [1.54, 1.807) is 6.07 Å². The van der Waals surface area contributed by atoms with Crippen LogP contribution in [0.25, 0.3) is 6.08 Å². The summed E-state index contributed by atoms with van der Waals surface area (Å²) in [6.07, 6.45) is 6.64. The largest absolute Gasteiger partial charge is 0.396 e. The Hall–Kier alpha value is -1.15. The van der Waals surface area contributed by atoms with E-state index in [2.05, 4.69) is 0 Å². The highest BCUT2D eigenvalue weighted by atomic mass is 19.1. The monoisotopic (exact) mass is 194 g/mol. The van der Waals surface area contributed by atoms with E-state index in [1.165, 1.54) is 12.1 Å². The first-order valence-corrected chi connectivity index (χ1v) is 4.86. The molecule has 0 spiro atoms. The summed E-state index contributed by atoms with van der Waals surface area (Å²) in [5, 5.41) is 8.55. The third-order valence-corrected chi connectivity index (χ3v) is 1.94. The van der Waals surface area contributed by atoms with Gasteiger partial charge in [0.1, 0.15) is 5.82 Å². The number of hydrogen-bond acceptors (Lipinski definition) is 1. The van der Waals surface area contributed by atoms with Crippen LogP contribution in [-0.4, -0.2) is 11.7 Å². The van der Waals surface area contributed by atoms with Crippen molar-refractivity contribution in [2.75, 3.05) is 6.61 Å². The molecule has 0 saturated heterocycles. The molecule has 0 saturated carbocycles. The van der Waals surface area contributed by atoms with Gasteiger partial charge in [-0.3, -0.25) is 0 Å². The van der Waals surface area contributed by atoms with Gasteiger partial charge in [-0.1, -0.05) is 24.3 Å². The first-order chi connectivity index (χ1) is 6.83. The van der Waals surface area contributed by atoms with Crippen molar-refractivity contribution in [2.24, 2.45) is 0 Å². The predicted molar refractivity (Wildman–Crippen MR) is 56.4 cm³/mol. The van der Waals surface area contributed by atoms with Gasteiger partial charge in [0.2, 0.25) is 0 Å². The van der Waals surface area contributed by atoms with Crippen LogP contribution in [0.4, 0.5) is 4.39 Å². The van der Waals surface area contributed by atoms with Crippen LogP contribution in [0.3, 0.4) is 0 Å². The van der Waals surface area contributed by atoms with Gasteiger partial charge in [0.15, 0.2) is 0 Å². The molecule has 0 atom stereocenters. The van der Waals surface area contributed by atoms with Gasteiger partial charge in [-0.25, -0.2) is 4.39 Å². The summed E-state index contributed by atoms with van der Waals surface area (Å²) in [4.78, 5) is 0. The summed E-state index contributed by atoms with van der Waals surface area (Å²) < 4.78 is 12.7. The molecule has 76 valence electrons. The number of aliphatic hydroxyl groups is 1. The predicted octanol–water partition coefficient (Wildman–Crippen LogP) is 3.00. The number of benzene rings is 1. The molecule has 0 amide bonds. The van der Waals surface area contributed by atoms with Gasteiger partial charge in [-0.05, 0) is 37.0 Å². The molecule has 0 fully saturated rings. The van der Waals surface area contributed by atoms with Crippen molar-refractivity contribution in [1.29, 1.82) is 0 Å². The van der Waals surface area contributed by atoms with Crippen LogP contribution in [0.15, 0.2) is 30.3 Å². The van der Waals surface area contributed by atoms with Crippen molar-refractivity contribution in [2.45, 2.75) is 19.3 Å². The van der Waals surface area contributed by atoms with E-state index in [0.717, 1.165) is 24.8 Å². The number of halogens is 1. The molecule has 0 aromatic heterocycles. The molecule has 0 unspecified atom stereocenters. The fraction of sp³-hybridized carbons (Fsp3) is 0.333. The minimum atomic E-state index is -0.206. The summed E-state index contributed by atoms with van der Waals surface area (Å²) in [6.45, 7) is 0.244. The molecule has 1 aromatic carbocycles. The van der Waals surface area contributed by atoms with E-state index < -0.39 is 0 Å². The lowest BCUT2D eigenvalue weighted by molar-refractivity contribution is 0.285. The fourth-order valence-electron chi connectivity index (χ4n) is 1.20. The molecule has 1 nitrogen and oxygen atoms in total. The molecule has 0 heterocycles. The number of rotatable bonds is 5. The zero-order valence-electron chi connectivity index (χ0n) is 8.12. The van der Waals surface area contributed by atoms with Crippen molar-refractivity contribution < 1.29 is 9.50 Å². The molecule has 2 heteroatoms. The molecule has 1 aromatic rings. The van der Waals surface area contributed by atoms with Crippen LogP contribution in [0.1, 0.15) is 24.8 Å². The topological polar surface area (TPSA) is 20.2 Å². The van der Waals surface area contributed by atoms with Gasteiger partial charge in [-0.15, -0.1) is 0 Å².